The number of amidine groups is 1. The molecule has 1 aliphatic carbocycles. The first-order valence-corrected chi connectivity index (χ1v) is 11.1. The van der Waals surface area contributed by atoms with E-state index in [-0.39, 0.29) is 6.69 Å². The van der Waals surface area contributed by atoms with Crippen molar-refractivity contribution in [2.75, 3.05) is 21.1 Å². The Labute approximate surface area is 122 Å². The molecule has 0 bridgehead atoms. The van der Waals surface area contributed by atoms with Crippen molar-refractivity contribution < 1.29 is 0 Å². The maximum Gasteiger partial charge on any atom is 0.177 e. The highest BCUT2D eigenvalue weighted by Crippen LogP contribution is 2.46. The third-order valence-corrected chi connectivity index (χ3v) is 8.84. The van der Waals surface area contributed by atoms with Crippen molar-refractivity contribution in [1.82, 2.24) is 9.80 Å². The summed E-state index contributed by atoms with van der Waals surface area (Å²) in [5, 5.41) is 2.44. The van der Waals surface area contributed by atoms with Gasteiger partial charge in [-0.05, 0) is 44.4 Å². The minimum atomic E-state index is 0.188. The molecule has 1 unspecified atom stereocenters. The standard InChI is InChI=1S/C11H20IN3S2/c1-14(2)11-13-10(16-17(11)12)15(3)9-7-5-4-6-8-9/h9H,4-8H2,1-3H3. The van der Waals surface area contributed by atoms with Gasteiger partial charge in [-0.25, -0.2) is 4.99 Å². The molecule has 0 aromatic rings. The SMILES string of the molecule is CN(C)C1=S(I)SC(N(C)C2CCCCC2)=N1. The quantitative estimate of drug-likeness (QED) is 0.391. The lowest BCUT2D eigenvalue weighted by Crippen LogP contribution is -2.36. The zero-order chi connectivity index (χ0) is 12.4. The van der Waals surface area contributed by atoms with Gasteiger partial charge in [0.05, 0.1) is 0 Å². The molecule has 1 atom stereocenters. The normalized spacial score (nSPS) is 26.5. The molecule has 0 N–H and O–H groups in total. The summed E-state index contributed by atoms with van der Waals surface area (Å²) < 4.78 is 0. The number of hydrogen-bond acceptors (Lipinski definition) is 4. The van der Waals surface area contributed by atoms with Gasteiger partial charge < -0.3 is 4.90 Å². The van der Waals surface area contributed by atoms with Crippen LogP contribution in [-0.4, -0.2) is 47.3 Å². The Balaban J connectivity index is 2.02. The summed E-state index contributed by atoms with van der Waals surface area (Å²) >= 11 is 2.50. The lowest BCUT2D eigenvalue weighted by Gasteiger charge is -2.32. The molecule has 1 aliphatic heterocycles. The number of aliphatic imine (C=N–C) groups is 1. The van der Waals surface area contributed by atoms with Gasteiger partial charge in [-0.1, -0.05) is 19.3 Å². The van der Waals surface area contributed by atoms with Gasteiger partial charge in [0.25, 0.3) is 0 Å². The van der Waals surface area contributed by atoms with Crippen molar-refractivity contribution in [3.05, 3.63) is 0 Å². The van der Waals surface area contributed by atoms with E-state index in [1.54, 1.807) is 0 Å². The Bertz CT molecular complexity index is 349. The fourth-order valence-corrected chi connectivity index (χ4v) is 7.91. The van der Waals surface area contributed by atoms with E-state index in [0.29, 0.717) is 6.04 Å². The highest BCUT2D eigenvalue weighted by molar-refractivity contribution is 14.2. The van der Waals surface area contributed by atoms with Crippen LogP contribution < -0.4 is 0 Å². The van der Waals surface area contributed by atoms with Crippen molar-refractivity contribution in [2.24, 2.45) is 4.99 Å². The van der Waals surface area contributed by atoms with Crippen LogP contribution in [0, 0.1) is 0 Å². The van der Waals surface area contributed by atoms with Crippen molar-refractivity contribution in [3.63, 3.8) is 0 Å². The highest BCUT2D eigenvalue weighted by Gasteiger charge is 2.26. The van der Waals surface area contributed by atoms with Crippen LogP contribution in [0.3, 0.4) is 0 Å². The molecule has 1 heterocycles. The van der Waals surface area contributed by atoms with E-state index in [0.717, 1.165) is 0 Å². The molecular formula is C11H20IN3S2. The second kappa shape index (κ2) is 6.25. The molecule has 0 spiro atoms. The fraction of sp³-hybridized carbons (Fsp3) is 0.818. The van der Waals surface area contributed by atoms with Gasteiger partial charge in [0.15, 0.2) is 10.3 Å². The fourth-order valence-electron chi connectivity index (χ4n) is 2.24. The molecule has 98 valence electrons. The van der Waals surface area contributed by atoms with Crippen LogP contribution in [0.1, 0.15) is 32.1 Å². The lowest BCUT2D eigenvalue weighted by molar-refractivity contribution is 0.282. The average Bonchev–Trinajstić information content (AvgIpc) is 2.71. The number of nitrogens with zero attached hydrogens (tertiary/aromatic N) is 3. The summed E-state index contributed by atoms with van der Waals surface area (Å²) in [6.45, 7) is 0.188. The zero-order valence-electron chi connectivity index (χ0n) is 10.6. The van der Waals surface area contributed by atoms with Crippen LogP contribution in [0.5, 0.6) is 0 Å². The van der Waals surface area contributed by atoms with Crippen molar-refractivity contribution in [3.8, 4) is 0 Å². The van der Waals surface area contributed by atoms with Crippen LogP contribution in [0.4, 0.5) is 0 Å². The zero-order valence-corrected chi connectivity index (χ0v) is 14.4. The summed E-state index contributed by atoms with van der Waals surface area (Å²) in [5.74, 6) is 0. The molecule has 6 heteroatoms. The Kier molecular flexibility index (Phi) is 5.20. The summed E-state index contributed by atoms with van der Waals surface area (Å²) in [5.41, 5.74) is 0. The molecule has 0 aromatic heterocycles. The predicted molar refractivity (Wildman–Crippen MR) is 90.0 cm³/mol. The van der Waals surface area contributed by atoms with E-state index in [1.807, 2.05) is 10.8 Å². The van der Waals surface area contributed by atoms with Crippen LogP contribution in [-0.2, 0) is 0 Å². The highest BCUT2D eigenvalue weighted by atomic mass is 127. The first-order valence-electron chi connectivity index (χ1n) is 6.04. The van der Waals surface area contributed by atoms with Crippen molar-refractivity contribution in [1.29, 1.82) is 0 Å². The average molecular weight is 385 g/mol. The van der Waals surface area contributed by atoms with Gasteiger partial charge in [0.2, 0.25) is 0 Å². The van der Waals surface area contributed by atoms with Crippen molar-refractivity contribution in [2.45, 2.75) is 38.1 Å². The minimum absolute atomic E-state index is 0.188. The molecule has 1 saturated carbocycles. The van der Waals surface area contributed by atoms with E-state index >= 15 is 0 Å². The van der Waals surface area contributed by atoms with Gasteiger partial charge in [0, 0.05) is 34.3 Å². The monoisotopic (exact) mass is 385 g/mol. The summed E-state index contributed by atoms with van der Waals surface area (Å²) in [4.78, 5) is 9.36. The first kappa shape index (κ1) is 14.1. The van der Waals surface area contributed by atoms with Crippen LogP contribution in [0.25, 0.3) is 0 Å². The summed E-state index contributed by atoms with van der Waals surface area (Å²) in [6, 6.07) is 0.713. The Hall–Kier alpha value is 0.730. The summed E-state index contributed by atoms with van der Waals surface area (Å²) in [6.07, 6.45) is 6.85. The van der Waals surface area contributed by atoms with Crippen LogP contribution in [0.15, 0.2) is 4.99 Å². The second-order valence-electron chi connectivity index (χ2n) is 4.78. The van der Waals surface area contributed by atoms with E-state index in [4.69, 9.17) is 4.99 Å². The molecule has 17 heavy (non-hydrogen) atoms. The number of halogens is 1. The van der Waals surface area contributed by atoms with E-state index in [1.165, 1.54) is 42.4 Å². The van der Waals surface area contributed by atoms with Gasteiger partial charge in [-0.2, -0.15) is 0 Å². The van der Waals surface area contributed by atoms with Gasteiger partial charge >= 0.3 is 0 Å². The number of rotatable bonds is 1. The van der Waals surface area contributed by atoms with Crippen molar-refractivity contribution >= 4 is 49.0 Å². The van der Waals surface area contributed by atoms with E-state index in [2.05, 4.69) is 52.1 Å². The summed E-state index contributed by atoms with van der Waals surface area (Å²) in [7, 11) is 8.30. The Morgan fingerprint density at radius 1 is 1.24 bits per heavy atom. The molecule has 3 nitrogen and oxygen atoms in total. The third-order valence-electron chi connectivity index (χ3n) is 3.29. The topological polar surface area (TPSA) is 18.8 Å². The van der Waals surface area contributed by atoms with Crippen LogP contribution >= 0.6 is 38.7 Å². The molecule has 0 amide bonds. The largest absolute Gasteiger partial charge is 0.351 e. The smallest absolute Gasteiger partial charge is 0.177 e. The van der Waals surface area contributed by atoms with Gasteiger partial charge in [-0.3, -0.25) is 4.90 Å². The molecule has 0 radical (unpaired) electrons. The Morgan fingerprint density at radius 3 is 2.41 bits per heavy atom. The second-order valence-corrected chi connectivity index (χ2v) is 12.1. The maximum absolute atomic E-state index is 4.80. The van der Waals surface area contributed by atoms with Crippen LogP contribution in [0.2, 0.25) is 0 Å². The van der Waals surface area contributed by atoms with Gasteiger partial charge in [0.1, 0.15) is 0 Å². The molecule has 0 aromatic carbocycles. The minimum Gasteiger partial charge on any atom is -0.351 e. The molecule has 2 aliphatic rings. The third kappa shape index (κ3) is 3.39. The molecular weight excluding hydrogens is 365 g/mol. The van der Waals surface area contributed by atoms with E-state index in [9.17, 15) is 0 Å². The number of hydrogen-bond donors (Lipinski definition) is 0. The maximum atomic E-state index is 4.80. The Morgan fingerprint density at radius 2 is 1.88 bits per heavy atom. The molecule has 1 fully saturated rings. The lowest BCUT2D eigenvalue weighted by atomic mass is 9.95. The van der Waals surface area contributed by atoms with Gasteiger partial charge in [-0.15, -0.1) is 0 Å². The predicted octanol–water partition coefficient (Wildman–Crippen LogP) is 3.54. The first-order chi connectivity index (χ1) is 8.09. The van der Waals surface area contributed by atoms with E-state index < -0.39 is 0 Å². The molecule has 0 saturated heterocycles. The molecule has 2 rings (SSSR count).